The minimum atomic E-state index is 0.351. The first-order chi connectivity index (χ1) is 10.1. The minimum Gasteiger partial charge on any atom is -0.380 e. The van der Waals surface area contributed by atoms with Gasteiger partial charge in [-0.05, 0) is 38.3 Å². The van der Waals surface area contributed by atoms with Gasteiger partial charge in [0.05, 0.1) is 6.10 Å². The van der Waals surface area contributed by atoms with Gasteiger partial charge in [-0.2, -0.15) is 0 Å². The van der Waals surface area contributed by atoms with Crippen LogP contribution in [-0.2, 0) is 11.3 Å². The fourth-order valence-corrected chi connectivity index (χ4v) is 2.85. The molecule has 4 nitrogen and oxygen atoms in total. The maximum atomic E-state index is 5.55. The highest BCUT2D eigenvalue weighted by molar-refractivity contribution is 5.54. The van der Waals surface area contributed by atoms with E-state index in [2.05, 4.69) is 42.0 Å². The van der Waals surface area contributed by atoms with Crippen LogP contribution in [0.1, 0.15) is 37.9 Å². The molecule has 0 aliphatic carbocycles. The minimum absolute atomic E-state index is 0.351. The summed E-state index contributed by atoms with van der Waals surface area (Å²) in [4.78, 5) is 6.93. The molecule has 1 aliphatic rings. The molecule has 0 bridgehead atoms. The lowest BCUT2D eigenvalue weighted by Gasteiger charge is -2.35. The van der Waals surface area contributed by atoms with Crippen LogP contribution in [0.5, 0.6) is 0 Å². The molecule has 0 aromatic carbocycles. The van der Waals surface area contributed by atoms with Gasteiger partial charge in [-0.25, -0.2) is 0 Å². The van der Waals surface area contributed by atoms with Crippen LogP contribution in [0, 0.1) is 12.8 Å². The number of nitrogens with one attached hydrogen (secondary N) is 1. The fraction of sp³-hybridized carbons (Fsp3) is 0.706. The molecule has 1 aliphatic heterocycles. The number of ether oxygens (including phenoxy) is 1. The highest BCUT2D eigenvalue weighted by Crippen LogP contribution is 2.25. The highest BCUT2D eigenvalue weighted by atomic mass is 16.5. The van der Waals surface area contributed by atoms with E-state index in [4.69, 9.17) is 4.74 Å². The Labute approximate surface area is 128 Å². The van der Waals surface area contributed by atoms with Crippen molar-refractivity contribution in [2.75, 3.05) is 31.6 Å². The largest absolute Gasteiger partial charge is 0.380 e. The van der Waals surface area contributed by atoms with E-state index in [1.54, 1.807) is 0 Å². The molecular formula is C17H29N3O. The zero-order chi connectivity index (χ0) is 15.2. The van der Waals surface area contributed by atoms with Crippen molar-refractivity contribution in [2.45, 2.75) is 46.3 Å². The molecule has 1 fully saturated rings. The zero-order valence-electron chi connectivity index (χ0n) is 13.9. The zero-order valence-corrected chi connectivity index (χ0v) is 13.9. The lowest BCUT2D eigenvalue weighted by Crippen LogP contribution is -2.40. The number of hydrogen-bond acceptors (Lipinski definition) is 4. The van der Waals surface area contributed by atoms with Crippen LogP contribution in [0.3, 0.4) is 0 Å². The Kier molecular flexibility index (Phi) is 6.00. The van der Waals surface area contributed by atoms with Crippen LogP contribution >= 0.6 is 0 Å². The third-order valence-electron chi connectivity index (χ3n) is 4.02. The Hall–Kier alpha value is -1.13. The van der Waals surface area contributed by atoms with Gasteiger partial charge in [-0.1, -0.05) is 13.8 Å². The van der Waals surface area contributed by atoms with Gasteiger partial charge in [0.1, 0.15) is 0 Å². The van der Waals surface area contributed by atoms with Crippen LogP contribution in [0.2, 0.25) is 0 Å². The molecule has 4 heteroatoms. The van der Waals surface area contributed by atoms with E-state index in [1.807, 2.05) is 13.3 Å². The Morgan fingerprint density at radius 3 is 3.00 bits per heavy atom. The molecular weight excluding hydrogens is 262 g/mol. The number of rotatable bonds is 6. The van der Waals surface area contributed by atoms with Gasteiger partial charge in [-0.15, -0.1) is 0 Å². The maximum Gasteiger partial charge on any atom is 0.0746 e. The smallest absolute Gasteiger partial charge is 0.0746 e. The summed E-state index contributed by atoms with van der Waals surface area (Å²) in [5, 5.41) is 3.53. The Morgan fingerprint density at radius 1 is 1.48 bits per heavy atom. The molecule has 0 spiro atoms. The van der Waals surface area contributed by atoms with Crippen molar-refractivity contribution in [1.82, 2.24) is 10.3 Å². The number of hydrogen-bond donors (Lipinski definition) is 1. The lowest BCUT2D eigenvalue weighted by atomic mass is 10.1. The third kappa shape index (κ3) is 4.68. The van der Waals surface area contributed by atoms with Crippen molar-refractivity contribution in [1.29, 1.82) is 0 Å². The molecule has 2 rings (SSSR count). The molecule has 1 aromatic rings. The van der Waals surface area contributed by atoms with Gasteiger partial charge in [0.2, 0.25) is 0 Å². The summed E-state index contributed by atoms with van der Waals surface area (Å²) in [6.45, 7) is 10.5. The second-order valence-electron chi connectivity index (χ2n) is 6.43. The topological polar surface area (TPSA) is 37.4 Å². The summed E-state index contributed by atoms with van der Waals surface area (Å²) in [6, 6.07) is 2.21. The van der Waals surface area contributed by atoms with E-state index in [1.165, 1.54) is 17.7 Å². The number of aromatic nitrogens is 1. The van der Waals surface area contributed by atoms with Crippen LogP contribution in [0.25, 0.3) is 0 Å². The lowest BCUT2D eigenvalue weighted by molar-refractivity contribution is 0.0893. The first-order valence-corrected chi connectivity index (χ1v) is 8.04. The number of piperidine rings is 1. The second kappa shape index (κ2) is 7.76. The van der Waals surface area contributed by atoms with E-state index in [-0.39, 0.29) is 0 Å². The first-order valence-electron chi connectivity index (χ1n) is 8.04. The first kappa shape index (κ1) is 16.2. The van der Waals surface area contributed by atoms with Crippen molar-refractivity contribution in [3.8, 4) is 0 Å². The highest BCUT2D eigenvalue weighted by Gasteiger charge is 2.21. The normalized spacial score (nSPS) is 19.3. The van der Waals surface area contributed by atoms with Gasteiger partial charge in [0.15, 0.2) is 0 Å². The Bertz CT molecular complexity index is 448. The van der Waals surface area contributed by atoms with Crippen molar-refractivity contribution in [3.63, 3.8) is 0 Å². The van der Waals surface area contributed by atoms with Gasteiger partial charge in [0, 0.05) is 49.9 Å². The monoisotopic (exact) mass is 291 g/mol. The number of aryl methyl sites for hydroxylation is 1. The van der Waals surface area contributed by atoms with Crippen molar-refractivity contribution >= 4 is 5.69 Å². The summed E-state index contributed by atoms with van der Waals surface area (Å²) in [6.07, 6.45) is 4.73. The van der Waals surface area contributed by atoms with Crippen molar-refractivity contribution in [2.24, 2.45) is 5.92 Å². The van der Waals surface area contributed by atoms with E-state index in [9.17, 15) is 0 Å². The number of methoxy groups -OCH3 is 1. The van der Waals surface area contributed by atoms with Crippen LogP contribution in [0.4, 0.5) is 5.69 Å². The summed E-state index contributed by atoms with van der Waals surface area (Å²) >= 11 is 0. The van der Waals surface area contributed by atoms with Gasteiger partial charge in [-0.3, -0.25) is 4.98 Å². The van der Waals surface area contributed by atoms with Crippen molar-refractivity contribution in [3.05, 3.63) is 23.5 Å². The molecule has 0 amide bonds. The molecule has 1 N–H and O–H groups in total. The molecule has 1 unspecified atom stereocenters. The molecule has 21 heavy (non-hydrogen) atoms. The van der Waals surface area contributed by atoms with E-state index < -0.39 is 0 Å². The van der Waals surface area contributed by atoms with Gasteiger partial charge in [0.25, 0.3) is 0 Å². The van der Waals surface area contributed by atoms with Gasteiger partial charge < -0.3 is 15.0 Å². The molecule has 2 heterocycles. The fourth-order valence-electron chi connectivity index (χ4n) is 2.85. The van der Waals surface area contributed by atoms with Crippen LogP contribution in [-0.4, -0.2) is 37.8 Å². The number of nitrogens with zero attached hydrogens (tertiary/aromatic N) is 2. The summed E-state index contributed by atoms with van der Waals surface area (Å²) < 4.78 is 5.55. The van der Waals surface area contributed by atoms with Crippen LogP contribution in [0.15, 0.2) is 12.3 Å². The van der Waals surface area contributed by atoms with E-state index in [0.717, 1.165) is 38.3 Å². The second-order valence-corrected chi connectivity index (χ2v) is 6.43. The van der Waals surface area contributed by atoms with Gasteiger partial charge >= 0.3 is 0 Å². The SMILES string of the molecule is COC1CCCN(c2cc(C)ncc2CNCC(C)C)C1. The van der Waals surface area contributed by atoms with E-state index >= 15 is 0 Å². The average molecular weight is 291 g/mol. The van der Waals surface area contributed by atoms with Crippen molar-refractivity contribution < 1.29 is 4.74 Å². The summed E-state index contributed by atoms with van der Waals surface area (Å²) in [7, 11) is 1.82. The molecule has 0 radical (unpaired) electrons. The summed E-state index contributed by atoms with van der Waals surface area (Å²) in [5.41, 5.74) is 3.69. The third-order valence-corrected chi connectivity index (χ3v) is 4.02. The number of anilines is 1. The predicted molar refractivity (Wildman–Crippen MR) is 87.8 cm³/mol. The standard InChI is InChI=1S/C17H29N3O/c1-13(2)9-18-10-15-11-19-14(3)8-17(15)20-7-5-6-16(12-20)21-4/h8,11,13,16,18H,5-7,9-10,12H2,1-4H3. The average Bonchev–Trinajstić information content (AvgIpc) is 2.48. The van der Waals surface area contributed by atoms with E-state index in [0.29, 0.717) is 12.0 Å². The summed E-state index contributed by atoms with van der Waals surface area (Å²) in [5.74, 6) is 0.666. The molecule has 118 valence electrons. The van der Waals surface area contributed by atoms with Crippen LogP contribution < -0.4 is 10.2 Å². The maximum absolute atomic E-state index is 5.55. The quantitative estimate of drug-likeness (QED) is 0.874. The predicted octanol–water partition coefficient (Wildman–Crippen LogP) is 2.75. The molecule has 1 atom stereocenters. The molecule has 0 saturated carbocycles. The molecule has 1 aromatic heterocycles. The Morgan fingerprint density at radius 2 is 2.29 bits per heavy atom. The Balaban J connectivity index is 2.10. The number of pyridine rings is 1. The molecule has 1 saturated heterocycles.